The van der Waals surface area contributed by atoms with Crippen LogP contribution in [0.4, 0.5) is 23.5 Å². The number of benzene rings is 2. The Morgan fingerprint density at radius 1 is 1.06 bits per heavy atom. The second kappa shape index (κ2) is 11.2. The minimum absolute atomic E-state index is 0.105. The highest BCUT2D eigenvalue weighted by molar-refractivity contribution is 7.89. The number of carboxylic acid groups (broad SMARTS) is 1. The molecule has 0 saturated heterocycles. The van der Waals surface area contributed by atoms with E-state index in [2.05, 4.69) is 14.7 Å². The normalized spacial score (nSPS) is 11.6. The van der Waals surface area contributed by atoms with Crippen molar-refractivity contribution < 1.29 is 35.9 Å². The topological polar surface area (TPSA) is 135 Å². The van der Waals surface area contributed by atoms with Gasteiger partial charge in [-0.2, -0.15) is 13.2 Å². The number of nitrogen functional groups attached to an aromatic ring is 1. The van der Waals surface area contributed by atoms with Gasteiger partial charge >= 0.3 is 12.1 Å². The van der Waals surface area contributed by atoms with E-state index in [-0.39, 0.29) is 16.8 Å². The van der Waals surface area contributed by atoms with E-state index in [1.807, 2.05) is 13.8 Å². The van der Waals surface area contributed by atoms with Crippen molar-refractivity contribution in [2.75, 3.05) is 12.3 Å². The maximum atomic E-state index is 14.8. The molecule has 2 aromatic carbocycles. The number of carbonyl (C=O) groups is 1. The van der Waals surface area contributed by atoms with Crippen molar-refractivity contribution in [3.63, 3.8) is 0 Å². The number of aliphatic carboxylic acids is 1. The third-order valence-electron chi connectivity index (χ3n) is 4.36. The molecule has 1 aromatic heterocycles. The number of hydrogen-bond acceptors (Lipinski definition) is 6. The van der Waals surface area contributed by atoms with Gasteiger partial charge in [0.1, 0.15) is 5.82 Å². The van der Waals surface area contributed by atoms with Crippen LogP contribution in [0.5, 0.6) is 0 Å². The van der Waals surface area contributed by atoms with E-state index in [0.29, 0.717) is 28.8 Å². The van der Waals surface area contributed by atoms with E-state index in [1.54, 1.807) is 30.3 Å². The third-order valence-corrected chi connectivity index (χ3v) is 5.85. The van der Waals surface area contributed by atoms with Gasteiger partial charge in [0, 0.05) is 35.6 Å². The lowest BCUT2D eigenvalue weighted by molar-refractivity contribution is -0.192. The van der Waals surface area contributed by atoms with Gasteiger partial charge < -0.3 is 10.8 Å². The standard InChI is InChI=1S/C20H21FN4O2S.C2HF3O2/c1-13(2)10-25-28(26,27)19-6-4-3-5-17(19)14-7-8-16(18(21)9-14)15-11-23-20(22)24-12-15;3-2(4,5)1(6)7/h3-9,11-13,25H,10H2,1-2H3,(H2,22,23,24);(H,6,7). The third kappa shape index (κ3) is 7.72. The Hall–Kier alpha value is -3.58. The maximum Gasteiger partial charge on any atom is 0.490 e. The van der Waals surface area contributed by atoms with Crippen LogP contribution in [-0.4, -0.2) is 42.2 Å². The summed E-state index contributed by atoms with van der Waals surface area (Å²) in [6.45, 7) is 4.16. The van der Waals surface area contributed by atoms with Gasteiger partial charge in [-0.1, -0.05) is 44.2 Å². The Bertz CT molecular complexity index is 1280. The van der Waals surface area contributed by atoms with Crippen LogP contribution in [0.1, 0.15) is 13.8 Å². The summed E-state index contributed by atoms with van der Waals surface area (Å²) in [5, 5.41) is 7.12. The number of anilines is 1. The van der Waals surface area contributed by atoms with Gasteiger partial charge in [-0.3, -0.25) is 0 Å². The zero-order valence-electron chi connectivity index (χ0n) is 18.5. The molecule has 3 rings (SSSR count). The summed E-state index contributed by atoms with van der Waals surface area (Å²) in [6.07, 6.45) is -2.21. The molecule has 13 heteroatoms. The zero-order chi connectivity index (χ0) is 26.4. The predicted molar refractivity (Wildman–Crippen MR) is 121 cm³/mol. The number of nitrogens with two attached hydrogens (primary N) is 1. The monoisotopic (exact) mass is 514 g/mol. The minimum Gasteiger partial charge on any atom is -0.475 e. The van der Waals surface area contributed by atoms with E-state index < -0.39 is 28.0 Å². The molecular weight excluding hydrogens is 492 g/mol. The van der Waals surface area contributed by atoms with Crippen molar-refractivity contribution in [2.45, 2.75) is 24.9 Å². The van der Waals surface area contributed by atoms with Crippen LogP contribution in [0.15, 0.2) is 59.8 Å². The number of aromatic nitrogens is 2. The highest BCUT2D eigenvalue weighted by atomic mass is 32.2. The molecular formula is C22H22F4N4O4S. The highest BCUT2D eigenvalue weighted by Gasteiger charge is 2.38. The quantitative estimate of drug-likeness (QED) is 0.422. The van der Waals surface area contributed by atoms with Gasteiger partial charge in [0.2, 0.25) is 16.0 Å². The Balaban J connectivity index is 0.000000540. The minimum atomic E-state index is -5.08. The van der Waals surface area contributed by atoms with E-state index in [0.717, 1.165) is 0 Å². The molecule has 0 bridgehead atoms. The summed E-state index contributed by atoms with van der Waals surface area (Å²) in [7, 11) is -3.72. The molecule has 0 atom stereocenters. The van der Waals surface area contributed by atoms with Gasteiger partial charge in [0.15, 0.2) is 0 Å². The number of halogens is 4. The lowest BCUT2D eigenvalue weighted by Crippen LogP contribution is -2.27. The molecule has 188 valence electrons. The number of carboxylic acids is 1. The van der Waals surface area contributed by atoms with Crippen molar-refractivity contribution in [3.8, 4) is 22.3 Å². The molecule has 3 aromatic rings. The van der Waals surface area contributed by atoms with Crippen molar-refractivity contribution in [2.24, 2.45) is 5.92 Å². The molecule has 4 N–H and O–H groups in total. The number of nitrogens with one attached hydrogen (secondary N) is 1. The summed E-state index contributed by atoms with van der Waals surface area (Å²) >= 11 is 0. The van der Waals surface area contributed by atoms with Crippen molar-refractivity contribution in [1.29, 1.82) is 0 Å². The first-order valence-electron chi connectivity index (χ1n) is 9.99. The van der Waals surface area contributed by atoms with Crippen LogP contribution >= 0.6 is 0 Å². The second-order valence-corrected chi connectivity index (χ2v) is 9.30. The van der Waals surface area contributed by atoms with Crippen molar-refractivity contribution in [1.82, 2.24) is 14.7 Å². The molecule has 0 amide bonds. The summed E-state index contributed by atoms with van der Waals surface area (Å²) in [5.41, 5.74) is 7.15. The number of nitrogens with zero attached hydrogens (tertiary/aromatic N) is 2. The first-order valence-corrected chi connectivity index (χ1v) is 11.5. The second-order valence-electron chi connectivity index (χ2n) is 7.57. The summed E-state index contributed by atoms with van der Waals surface area (Å²) < 4.78 is 74.5. The van der Waals surface area contributed by atoms with Crippen LogP contribution in [0, 0.1) is 11.7 Å². The fraction of sp³-hybridized carbons (Fsp3) is 0.227. The molecule has 0 unspecified atom stereocenters. The Morgan fingerprint density at radius 2 is 1.63 bits per heavy atom. The molecule has 8 nitrogen and oxygen atoms in total. The van der Waals surface area contributed by atoms with Crippen LogP contribution in [0.3, 0.4) is 0 Å². The maximum absolute atomic E-state index is 14.8. The molecule has 0 radical (unpaired) electrons. The molecule has 35 heavy (non-hydrogen) atoms. The molecule has 0 saturated carbocycles. The van der Waals surface area contributed by atoms with Crippen molar-refractivity contribution >= 4 is 21.9 Å². The summed E-state index contributed by atoms with van der Waals surface area (Å²) in [4.78, 5) is 16.7. The molecule has 0 aliphatic heterocycles. The van der Waals surface area contributed by atoms with E-state index in [4.69, 9.17) is 15.6 Å². The molecule has 0 spiro atoms. The van der Waals surface area contributed by atoms with Gasteiger partial charge in [-0.05, 0) is 23.6 Å². The van der Waals surface area contributed by atoms with E-state index in [9.17, 15) is 26.0 Å². The van der Waals surface area contributed by atoms with Crippen molar-refractivity contribution in [3.05, 3.63) is 60.7 Å². The molecule has 0 fully saturated rings. The van der Waals surface area contributed by atoms with Gasteiger partial charge in [-0.15, -0.1) is 0 Å². The van der Waals surface area contributed by atoms with Crippen LogP contribution in [0.25, 0.3) is 22.3 Å². The van der Waals surface area contributed by atoms with Gasteiger partial charge in [-0.25, -0.2) is 32.3 Å². The fourth-order valence-corrected chi connectivity index (χ4v) is 4.13. The predicted octanol–water partition coefficient (Wildman–Crippen LogP) is 4.10. The molecule has 1 heterocycles. The lowest BCUT2D eigenvalue weighted by atomic mass is 10.0. The first-order chi connectivity index (χ1) is 16.2. The number of hydrogen-bond donors (Lipinski definition) is 3. The molecule has 0 aliphatic carbocycles. The Labute approximate surface area is 198 Å². The lowest BCUT2D eigenvalue weighted by Gasteiger charge is -2.13. The van der Waals surface area contributed by atoms with E-state index >= 15 is 0 Å². The smallest absolute Gasteiger partial charge is 0.475 e. The van der Waals surface area contributed by atoms with Gasteiger partial charge in [0.25, 0.3) is 0 Å². The largest absolute Gasteiger partial charge is 0.490 e. The zero-order valence-corrected chi connectivity index (χ0v) is 19.4. The van der Waals surface area contributed by atoms with Gasteiger partial charge in [0.05, 0.1) is 4.90 Å². The van der Waals surface area contributed by atoms with Crippen LogP contribution in [0.2, 0.25) is 0 Å². The average Bonchev–Trinajstić information content (AvgIpc) is 2.78. The summed E-state index contributed by atoms with van der Waals surface area (Å²) in [5.74, 6) is -2.99. The summed E-state index contributed by atoms with van der Waals surface area (Å²) in [6, 6.07) is 11.1. The fourth-order valence-electron chi connectivity index (χ4n) is 2.69. The highest BCUT2D eigenvalue weighted by Crippen LogP contribution is 2.31. The number of alkyl halides is 3. The van der Waals surface area contributed by atoms with Crippen LogP contribution in [-0.2, 0) is 14.8 Å². The number of sulfonamides is 1. The molecule has 0 aliphatic rings. The SMILES string of the molecule is CC(C)CNS(=O)(=O)c1ccccc1-c1ccc(-c2cnc(N)nc2)c(F)c1.O=C(O)C(F)(F)F. The van der Waals surface area contributed by atoms with E-state index in [1.165, 1.54) is 24.5 Å². The van der Waals surface area contributed by atoms with Crippen LogP contribution < -0.4 is 10.5 Å². The first kappa shape index (κ1) is 27.7. The Morgan fingerprint density at radius 3 is 2.14 bits per heavy atom. The average molecular weight is 515 g/mol. The Kier molecular flexibility index (Phi) is 8.88. The number of rotatable bonds is 6.